The maximum absolute atomic E-state index is 12.4. The van der Waals surface area contributed by atoms with Crippen molar-refractivity contribution in [2.45, 2.75) is 20.5 Å². The topological polar surface area (TPSA) is 97.4 Å². The first-order valence-electron chi connectivity index (χ1n) is 8.12. The summed E-state index contributed by atoms with van der Waals surface area (Å²) in [5, 5.41) is 5.88. The third-order valence-corrected chi connectivity index (χ3v) is 4.48. The summed E-state index contributed by atoms with van der Waals surface area (Å²) >= 11 is 1.46. The summed E-state index contributed by atoms with van der Waals surface area (Å²) in [6, 6.07) is 12.2. The number of para-hydroxylation sites is 1. The first-order chi connectivity index (χ1) is 12.9. The highest BCUT2D eigenvalue weighted by molar-refractivity contribution is 7.18. The number of anilines is 2. The van der Waals surface area contributed by atoms with E-state index in [2.05, 4.69) is 15.6 Å². The predicted octanol–water partition coefficient (Wildman–Crippen LogP) is 3.57. The Morgan fingerprint density at radius 1 is 1.00 bits per heavy atom. The maximum atomic E-state index is 12.4. The Morgan fingerprint density at radius 2 is 1.63 bits per heavy atom. The van der Waals surface area contributed by atoms with Crippen molar-refractivity contribution < 1.29 is 19.1 Å². The standard InChI is InChI=1S/C19H17N3O4S/c1-11(23)20-14-7-13(8-15(9-14)21-12(2)24)19(25)26-10-18-22-16-5-3-4-6-17(16)27-18/h3-9H,10H2,1-2H3,(H,20,23)(H,21,24). The van der Waals surface area contributed by atoms with E-state index in [1.165, 1.54) is 37.3 Å². The van der Waals surface area contributed by atoms with Crippen molar-refractivity contribution in [3.63, 3.8) is 0 Å². The summed E-state index contributed by atoms with van der Waals surface area (Å²) in [7, 11) is 0. The fourth-order valence-electron chi connectivity index (χ4n) is 2.49. The molecule has 2 N–H and O–H groups in total. The molecule has 138 valence electrons. The summed E-state index contributed by atoms with van der Waals surface area (Å²) in [6.07, 6.45) is 0. The summed E-state index contributed by atoms with van der Waals surface area (Å²) in [6.45, 7) is 2.75. The fraction of sp³-hybridized carbons (Fsp3) is 0.158. The number of nitrogens with one attached hydrogen (secondary N) is 2. The normalized spacial score (nSPS) is 10.4. The van der Waals surface area contributed by atoms with E-state index < -0.39 is 5.97 Å². The second-order valence-corrected chi connectivity index (χ2v) is 6.93. The Kier molecular flexibility index (Phi) is 5.46. The number of nitrogens with zero attached hydrogens (tertiary/aromatic N) is 1. The minimum absolute atomic E-state index is 0.0397. The number of aromatic nitrogens is 1. The van der Waals surface area contributed by atoms with Gasteiger partial charge in [0.15, 0.2) is 0 Å². The zero-order valence-electron chi connectivity index (χ0n) is 14.7. The number of carbonyl (C=O) groups is 3. The Hall–Kier alpha value is -3.26. The van der Waals surface area contributed by atoms with Crippen LogP contribution in [0.25, 0.3) is 10.2 Å². The van der Waals surface area contributed by atoms with Crippen LogP contribution in [0.4, 0.5) is 11.4 Å². The molecule has 0 aliphatic carbocycles. The van der Waals surface area contributed by atoms with E-state index in [4.69, 9.17) is 4.74 Å². The molecule has 7 nitrogen and oxygen atoms in total. The lowest BCUT2D eigenvalue weighted by atomic mass is 10.1. The van der Waals surface area contributed by atoms with Crippen LogP contribution in [0.2, 0.25) is 0 Å². The second kappa shape index (κ2) is 7.96. The lowest BCUT2D eigenvalue weighted by Crippen LogP contribution is -2.12. The van der Waals surface area contributed by atoms with Crippen LogP contribution in [-0.4, -0.2) is 22.8 Å². The van der Waals surface area contributed by atoms with Crippen molar-refractivity contribution >= 4 is 50.7 Å². The van der Waals surface area contributed by atoms with E-state index in [0.29, 0.717) is 16.4 Å². The summed E-state index contributed by atoms with van der Waals surface area (Å²) < 4.78 is 6.36. The van der Waals surface area contributed by atoms with Crippen molar-refractivity contribution in [1.29, 1.82) is 0 Å². The van der Waals surface area contributed by atoms with Crippen LogP contribution in [0.3, 0.4) is 0 Å². The van der Waals surface area contributed by atoms with Crippen LogP contribution in [0.15, 0.2) is 42.5 Å². The highest BCUT2D eigenvalue weighted by atomic mass is 32.1. The molecule has 27 heavy (non-hydrogen) atoms. The van der Waals surface area contributed by atoms with Crippen LogP contribution in [0.1, 0.15) is 29.2 Å². The van der Waals surface area contributed by atoms with Crippen molar-refractivity contribution in [1.82, 2.24) is 4.98 Å². The molecule has 2 aromatic carbocycles. The molecule has 1 aromatic heterocycles. The monoisotopic (exact) mass is 383 g/mol. The third-order valence-electron chi connectivity index (χ3n) is 3.47. The van der Waals surface area contributed by atoms with Gasteiger partial charge >= 0.3 is 5.97 Å². The van der Waals surface area contributed by atoms with Crippen LogP contribution in [0.5, 0.6) is 0 Å². The quantitative estimate of drug-likeness (QED) is 0.657. The number of ether oxygens (including phenoxy) is 1. The highest BCUT2D eigenvalue weighted by Gasteiger charge is 2.13. The van der Waals surface area contributed by atoms with Gasteiger partial charge in [-0.3, -0.25) is 9.59 Å². The van der Waals surface area contributed by atoms with Gasteiger partial charge in [-0.2, -0.15) is 0 Å². The van der Waals surface area contributed by atoms with Gasteiger partial charge in [-0.05, 0) is 30.3 Å². The molecule has 0 bridgehead atoms. The number of hydrogen-bond donors (Lipinski definition) is 2. The SMILES string of the molecule is CC(=O)Nc1cc(NC(C)=O)cc(C(=O)OCc2nc3ccccc3s2)c1. The Bertz CT molecular complexity index is 961. The molecule has 3 rings (SSSR count). The third kappa shape index (κ3) is 4.89. The molecule has 0 atom stereocenters. The highest BCUT2D eigenvalue weighted by Crippen LogP contribution is 2.23. The number of carbonyl (C=O) groups excluding carboxylic acids is 3. The fourth-order valence-corrected chi connectivity index (χ4v) is 3.37. The average Bonchev–Trinajstić information content (AvgIpc) is 3.01. The Balaban J connectivity index is 1.77. The van der Waals surface area contributed by atoms with Crippen LogP contribution < -0.4 is 10.6 Å². The Labute approximate surface area is 159 Å². The van der Waals surface area contributed by atoms with Gasteiger partial charge in [0.05, 0.1) is 15.8 Å². The number of esters is 1. The minimum atomic E-state index is -0.576. The van der Waals surface area contributed by atoms with Gasteiger partial charge in [-0.15, -0.1) is 11.3 Å². The molecule has 0 spiro atoms. The molecular formula is C19H17N3O4S. The minimum Gasteiger partial charge on any atom is -0.455 e. The number of fused-ring (bicyclic) bond motifs is 1. The maximum Gasteiger partial charge on any atom is 0.338 e. The van der Waals surface area contributed by atoms with E-state index in [-0.39, 0.29) is 24.0 Å². The van der Waals surface area contributed by atoms with Crippen molar-refractivity contribution in [2.75, 3.05) is 10.6 Å². The molecule has 8 heteroatoms. The number of benzene rings is 2. The van der Waals surface area contributed by atoms with Crippen LogP contribution in [-0.2, 0) is 20.9 Å². The molecular weight excluding hydrogens is 366 g/mol. The number of rotatable bonds is 5. The molecule has 2 amide bonds. The Morgan fingerprint density at radius 3 is 2.22 bits per heavy atom. The predicted molar refractivity (Wildman–Crippen MR) is 104 cm³/mol. The smallest absolute Gasteiger partial charge is 0.338 e. The molecule has 0 unspecified atom stereocenters. The largest absolute Gasteiger partial charge is 0.455 e. The summed E-state index contributed by atoms with van der Waals surface area (Å²) in [5.41, 5.74) is 1.85. The van der Waals surface area contributed by atoms with Gasteiger partial charge in [-0.1, -0.05) is 12.1 Å². The van der Waals surface area contributed by atoms with E-state index in [1.807, 2.05) is 24.3 Å². The molecule has 0 aliphatic rings. The summed E-state index contributed by atoms with van der Waals surface area (Å²) in [4.78, 5) is 39.5. The van der Waals surface area contributed by atoms with Crippen molar-refractivity contribution in [3.8, 4) is 0 Å². The van der Waals surface area contributed by atoms with Crippen molar-refractivity contribution in [2.24, 2.45) is 0 Å². The molecule has 3 aromatic rings. The first-order valence-corrected chi connectivity index (χ1v) is 8.94. The van der Waals surface area contributed by atoms with Crippen LogP contribution >= 0.6 is 11.3 Å². The van der Waals surface area contributed by atoms with E-state index in [1.54, 1.807) is 6.07 Å². The number of hydrogen-bond acceptors (Lipinski definition) is 6. The average molecular weight is 383 g/mol. The second-order valence-electron chi connectivity index (χ2n) is 5.81. The van der Waals surface area contributed by atoms with Gasteiger partial charge in [0, 0.05) is 25.2 Å². The lowest BCUT2D eigenvalue weighted by Gasteiger charge is -2.10. The summed E-state index contributed by atoms with van der Waals surface area (Å²) in [5.74, 6) is -1.15. The zero-order chi connectivity index (χ0) is 19.4. The lowest BCUT2D eigenvalue weighted by molar-refractivity contribution is -0.115. The van der Waals surface area contributed by atoms with E-state index in [9.17, 15) is 14.4 Å². The van der Waals surface area contributed by atoms with Gasteiger partial charge in [0.1, 0.15) is 11.6 Å². The first kappa shape index (κ1) is 18.5. The number of thiazole rings is 1. The van der Waals surface area contributed by atoms with Gasteiger partial charge in [0.25, 0.3) is 0 Å². The molecule has 1 heterocycles. The van der Waals surface area contributed by atoms with Gasteiger partial charge in [0.2, 0.25) is 11.8 Å². The van der Waals surface area contributed by atoms with Gasteiger partial charge in [-0.25, -0.2) is 9.78 Å². The van der Waals surface area contributed by atoms with E-state index in [0.717, 1.165) is 10.2 Å². The molecule has 0 radical (unpaired) electrons. The van der Waals surface area contributed by atoms with Gasteiger partial charge < -0.3 is 15.4 Å². The molecule has 0 saturated heterocycles. The van der Waals surface area contributed by atoms with Crippen LogP contribution in [0, 0.1) is 0 Å². The van der Waals surface area contributed by atoms with E-state index >= 15 is 0 Å². The zero-order valence-corrected chi connectivity index (χ0v) is 15.6. The van der Waals surface area contributed by atoms with Crippen molar-refractivity contribution in [3.05, 3.63) is 53.0 Å². The molecule has 0 aliphatic heterocycles. The molecule has 0 fully saturated rings. The molecule has 0 saturated carbocycles. The number of amides is 2.